The summed E-state index contributed by atoms with van der Waals surface area (Å²) in [4.78, 5) is 6.75. The zero-order chi connectivity index (χ0) is 20.5. The Morgan fingerprint density at radius 2 is 1.73 bits per heavy atom. The Morgan fingerprint density at radius 1 is 1.07 bits per heavy atom. The number of hydrogen-bond donors (Lipinski definition) is 0. The molecule has 3 heterocycles. The summed E-state index contributed by atoms with van der Waals surface area (Å²) in [6.07, 6.45) is 7.87. The lowest BCUT2D eigenvalue weighted by Gasteiger charge is -2.43. The molecular formula is C26H27N3S. The SMILES string of the molecule is C=C(CC(c1ccccc1)c1ccccc1)C1C(Cn2ccnc2)SC2CC(=C)N21. The third-order valence-corrected chi connectivity index (χ3v) is 7.77. The first kappa shape index (κ1) is 19.3. The molecule has 4 heteroatoms. The zero-order valence-corrected chi connectivity index (χ0v) is 17.9. The quantitative estimate of drug-likeness (QED) is 0.464. The molecule has 30 heavy (non-hydrogen) atoms. The van der Waals surface area contributed by atoms with Crippen LogP contribution in [0, 0.1) is 0 Å². The Bertz CT molecular complexity index is 973. The maximum absolute atomic E-state index is 4.64. The predicted molar refractivity (Wildman–Crippen MR) is 125 cm³/mol. The number of fused-ring (bicyclic) bond motifs is 1. The smallest absolute Gasteiger partial charge is 0.0946 e. The number of hydrogen-bond acceptors (Lipinski definition) is 3. The number of rotatable bonds is 7. The first-order valence-corrected chi connectivity index (χ1v) is 11.5. The predicted octanol–water partition coefficient (Wildman–Crippen LogP) is 5.69. The molecule has 0 N–H and O–H groups in total. The summed E-state index contributed by atoms with van der Waals surface area (Å²) in [7, 11) is 0. The van der Waals surface area contributed by atoms with Crippen LogP contribution in [0.3, 0.4) is 0 Å². The highest BCUT2D eigenvalue weighted by atomic mass is 32.2. The lowest BCUT2D eigenvalue weighted by Crippen LogP contribution is -2.47. The minimum Gasteiger partial charge on any atom is -0.355 e. The van der Waals surface area contributed by atoms with Gasteiger partial charge in [0.15, 0.2) is 0 Å². The number of benzene rings is 2. The summed E-state index contributed by atoms with van der Waals surface area (Å²) in [5.41, 5.74) is 5.25. The summed E-state index contributed by atoms with van der Waals surface area (Å²) < 4.78 is 2.19. The van der Waals surface area contributed by atoms with E-state index in [1.54, 1.807) is 0 Å². The van der Waals surface area contributed by atoms with Crippen LogP contribution in [0.5, 0.6) is 0 Å². The van der Waals surface area contributed by atoms with E-state index in [1.807, 2.05) is 12.5 Å². The summed E-state index contributed by atoms with van der Waals surface area (Å²) in [5.74, 6) is 0.312. The molecule has 5 rings (SSSR count). The van der Waals surface area contributed by atoms with Crippen LogP contribution in [0.2, 0.25) is 0 Å². The third kappa shape index (κ3) is 3.61. The molecule has 1 aromatic heterocycles. The fourth-order valence-electron chi connectivity index (χ4n) is 4.83. The van der Waals surface area contributed by atoms with E-state index >= 15 is 0 Å². The van der Waals surface area contributed by atoms with Gasteiger partial charge in [0.05, 0.1) is 17.7 Å². The Balaban J connectivity index is 1.42. The van der Waals surface area contributed by atoms with E-state index < -0.39 is 0 Å². The molecule has 0 radical (unpaired) electrons. The van der Waals surface area contributed by atoms with Crippen LogP contribution >= 0.6 is 11.8 Å². The number of nitrogens with zero attached hydrogens (tertiary/aromatic N) is 3. The summed E-state index contributed by atoms with van der Waals surface area (Å²) in [6, 6.07) is 22.0. The van der Waals surface area contributed by atoms with Gasteiger partial charge in [0.25, 0.3) is 0 Å². The monoisotopic (exact) mass is 413 g/mol. The molecule has 3 atom stereocenters. The van der Waals surface area contributed by atoms with Crippen molar-refractivity contribution in [2.24, 2.45) is 0 Å². The largest absolute Gasteiger partial charge is 0.355 e. The Morgan fingerprint density at radius 3 is 2.30 bits per heavy atom. The average Bonchev–Trinajstić information content (AvgIpc) is 3.39. The maximum Gasteiger partial charge on any atom is 0.0946 e. The van der Waals surface area contributed by atoms with Gasteiger partial charge in [0, 0.05) is 42.2 Å². The molecule has 3 nitrogen and oxygen atoms in total. The molecule has 0 saturated carbocycles. The lowest BCUT2D eigenvalue weighted by atomic mass is 9.83. The fraction of sp³-hybridized carbons (Fsp3) is 0.269. The van der Waals surface area contributed by atoms with E-state index in [1.165, 1.54) is 22.4 Å². The van der Waals surface area contributed by atoms with E-state index in [0.29, 0.717) is 22.6 Å². The van der Waals surface area contributed by atoms with Crippen molar-refractivity contribution >= 4 is 11.8 Å². The topological polar surface area (TPSA) is 21.1 Å². The van der Waals surface area contributed by atoms with Gasteiger partial charge in [0.2, 0.25) is 0 Å². The second kappa shape index (κ2) is 8.19. The molecule has 3 unspecified atom stereocenters. The van der Waals surface area contributed by atoms with Crippen molar-refractivity contribution in [3.8, 4) is 0 Å². The molecule has 3 aromatic rings. The van der Waals surface area contributed by atoms with Gasteiger partial charge in [-0.3, -0.25) is 0 Å². The highest BCUT2D eigenvalue weighted by molar-refractivity contribution is 8.00. The summed E-state index contributed by atoms with van der Waals surface area (Å²) in [5, 5.41) is 1.00. The molecule has 2 aliphatic rings. The van der Waals surface area contributed by atoms with Crippen molar-refractivity contribution in [1.29, 1.82) is 0 Å². The van der Waals surface area contributed by atoms with Crippen LogP contribution in [0.4, 0.5) is 0 Å². The second-order valence-electron chi connectivity index (χ2n) is 8.25. The Kier molecular flexibility index (Phi) is 5.26. The molecule has 0 spiro atoms. The van der Waals surface area contributed by atoms with Crippen molar-refractivity contribution in [3.05, 3.63) is 115 Å². The van der Waals surface area contributed by atoms with Gasteiger partial charge in [-0.25, -0.2) is 4.98 Å². The minimum atomic E-state index is 0.312. The minimum absolute atomic E-state index is 0.312. The van der Waals surface area contributed by atoms with Crippen molar-refractivity contribution < 1.29 is 0 Å². The molecule has 152 valence electrons. The van der Waals surface area contributed by atoms with Crippen molar-refractivity contribution in [3.63, 3.8) is 0 Å². The van der Waals surface area contributed by atoms with Gasteiger partial charge in [-0.2, -0.15) is 0 Å². The average molecular weight is 414 g/mol. The number of imidazole rings is 1. The van der Waals surface area contributed by atoms with Crippen molar-refractivity contribution in [2.45, 2.75) is 42.0 Å². The Labute approximate surface area is 183 Å². The van der Waals surface area contributed by atoms with E-state index in [0.717, 1.165) is 19.4 Å². The molecule has 2 aliphatic heterocycles. The second-order valence-corrected chi connectivity index (χ2v) is 9.67. The van der Waals surface area contributed by atoms with Crippen LogP contribution in [-0.4, -0.2) is 31.1 Å². The highest BCUT2D eigenvalue weighted by Crippen LogP contribution is 2.51. The molecular weight excluding hydrogens is 386 g/mol. The van der Waals surface area contributed by atoms with Gasteiger partial charge in [0.1, 0.15) is 0 Å². The fourth-order valence-corrected chi connectivity index (χ4v) is 6.66. The van der Waals surface area contributed by atoms with E-state index in [4.69, 9.17) is 0 Å². The van der Waals surface area contributed by atoms with Gasteiger partial charge in [-0.15, -0.1) is 11.8 Å². The van der Waals surface area contributed by atoms with Gasteiger partial charge < -0.3 is 9.47 Å². The van der Waals surface area contributed by atoms with E-state index in [9.17, 15) is 0 Å². The lowest BCUT2D eigenvalue weighted by molar-refractivity contribution is 0.194. The van der Waals surface area contributed by atoms with Crippen molar-refractivity contribution in [1.82, 2.24) is 14.5 Å². The van der Waals surface area contributed by atoms with E-state index in [2.05, 4.69) is 106 Å². The summed E-state index contributed by atoms with van der Waals surface area (Å²) >= 11 is 2.07. The van der Waals surface area contributed by atoms with Crippen LogP contribution in [0.1, 0.15) is 29.9 Å². The first-order valence-electron chi connectivity index (χ1n) is 10.6. The van der Waals surface area contributed by atoms with Crippen molar-refractivity contribution in [2.75, 3.05) is 0 Å². The van der Waals surface area contributed by atoms with E-state index in [-0.39, 0.29) is 0 Å². The van der Waals surface area contributed by atoms with Gasteiger partial charge in [-0.05, 0) is 17.5 Å². The van der Waals surface area contributed by atoms with Crippen LogP contribution < -0.4 is 0 Å². The maximum atomic E-state index is 4.64. The van der Waals surface area contributed by atoms with Crippen LogP contribution in [0.25, 0.3) is 0 Å². The Hall–Kier alpha value is -2.72. The molecule has 0 amide bonds. The summed E-state index contributed by atoms with van der Waals surface area (Å²) in [6.45, 7) is 9.91. The first-order chi connectivity index (χ1) is 14.7. The molecule has 0 aliphatic carbocycles. The van der Waals surface area contributed by atoms with Gasteiger partial charge >= 0.3 is 0 Å². The van der Waals surface area contributed by atoms with Crippen LogP contribution in [0.15, 0.2) is 104 Å². The van der Waals surface area contributed by atoms with Crippen LogP contribution in [-0.2, 0) is 6.54 Å². The molecule has 2 fully saturated rings. The standard InChI is InChI=1S/C26H27N3S/c1-19(15-23(21-9-5-3-6-10-21)22-11-7-4-8-12-22)26-24(17-28-14-13-27-18-28)30-25-16-20(2)29(25)26/h3-14,18,23-26H,1-2,15-17H2. The number of aromatic nitrogens is 2. The molecule has 2 saturated heterocycles. The molecule has 2 aromatic carbocycles. The zero-order valence-electron chi connectivity index (χ0n) is 17.1. The highest BCUT2D eigenvalue weighted by Gasteiger charge is 2.49. The molecule has 0 bridgehead atoms. The number of thioether (sulfide) groups is 1. The van der Waals surface area contributed by atoms with Gasteiger partial charge in [-0.1, -0.05) is 79.4 Å². The third-order valence-electron chi connectivity index (χ3n) is 6.31. The normalized spacial score (nSPS) is 22.8.